The topological polar surface area (TPSA) is 34.1 Å². The largest absolute Gasteiger partial charge is 0.493 e. The Morgan fingerprint density at radius 3 is 2.75 bits per heavy atom. The van der Waals surface area contributed by atoms with Gasteiger partial charge in [0.2, 0.25) is 0 Å². The van der Waals surface area contributed by atoms with Gasteiger partial charge in [0.15, 0.2) is 0 Å². The molecule has 1 aromatic carbocycles. The molecule has 3 nitrogen and oxygen atoms in total. The molecule has 3 heteroatoms. The molecule has 2 aromatic rings. The fourth-order valence-corrected chi connectivity index (χ4v) is 2.31. The van der Waals surface area contributed by atoms with Gasteiger partial charge in [-0.1, -0.05) is 25.1 Å². The van der Waals surface area contributed by atoms with Crippen LogP contribution in [0, 0.1) is 6.92 Å². The third-order valence-corrected chi connectivity index (χ3v) is 3.23. The number of rotatable bonds is 6. The summed E-state index contributed by atoms with van der Waals surface area (Å²) >= 11 is 0. The normalized spacial score (nSPS) is 12.2. The molecule has 0 bridgehead atoms. The summed E-state index contributed by atoms with van der Waals surface area (Å²) in [5.74, 6) is 0.947. The third kappa shape index (κ3) is 3.36. The van der Waals surface area contributed by atoms with Gasteiger partial charge in [-0.05, 0) is 44.2 Å². The number of benzene rings is 1. The van der Waals surface area contributed by atoms with Gasteiger partial charge in [-0.2, -0.15) is 0 Å². The molecule has 0 spiro atoms. The van der Waals surface area contributed by atoms with E-state index in [9.17, 15) is 0 Å². The molecule has 0 fully saturated rings. The Hall–Kier alpha value is -1.87. The zero-order chi connectivity index (χ0) is 14.4. The Labute approximate surface area is 121 Å². The number of para-hydroxylation sites is 1. The molecule has 1 atom stereocenters. The van der Waals surface area contributed by atoms with Gasteiger partial charge in [-0.25, -0.2) is 0 Å². The van der Waals surface area contributed by atoms with Gasteiger partial charge in [0, 0.05) is 17.5 Å². The average Bonchev–Trinajstić information content (AvgIpc) is 2.47. The molecular formula is C17H22N2O. The number of ether oxygens (including phenoxy) is 1. The number of nitrogens with zero attached hydrogens (tertiary/aromatic N) is 1. The molecule has 1 heterocycles. The van der Waals surface area contributed by atoms with Gasteiger partial charge in [0.1, 0.15) is 5.75 Å². The fraction of sp³-hybridized carbons (Fsp3) is 0.353. The summed E-state index contributed by atoms with van der Waals surface area (Å²) in [6, 6.07) is 12.5. The summed E-state index contributed by atoms with van der Waals surface area (Å²) in [6.45, 7) is 4.86. The minimum atomic E-state index is 0.116. The van der Waals surface area contributed by atoms with Gasteiger partial charge < -0.3 is 10.1 Å². The Balaban J connectivity index is 2.36. The second kappa shape index (κ2) is 7.06. The summed E-state index contributed by atoms with van der Waals surface area (Å²) in [7, 11) is 1.97. The Kier molecular flexibility index (Phi) is 5.13. The van der Waals surface area contributed by atoms with Crippen LogP contribution in [0.5, 0.6) is 5.75 Å². The summed E-state index contributed by atoms with van der Waals surface area (Å²) < 4.78 is 5.87. The summed E-state index contributed by atoms with van der Waals surface area (Å²) in [6.07, 6.45) is 2.86. The van der Waals surface area contributed by atoms with E-state index in [0.717, 1.165) is 30.0 Å². The lowest BCUT2D eigenvalue weighted by molar-refractivity contribution is 0.312. The lowest BCUT2D eigenvalue weighted by Crippen LogP contribution is -2.19. The van der Waals surface area contributed by atoms with Crippen molar-refractivity contribution in [2.45, 2.75) is 26.3 Å². The molecule has 0 saturated heterocycles. The maximum atomic E-state index is 5.87. The minimum absolute atomic E-state index is 0.116. The highest BCUT2D eigenvalue weighted by molar-refractivity contribution is 5.41. The van der Waals surface area contributed by atoms with Crippen molar-refractivity contribution in [3.63, 3.8) is 0 Å². The highest BCUT2D eigenvalue weighted by Crippen LogP contribution is 2.29. The molecule has 2 rings (SSSR count). The number of hydrogen-bond acceptors (Lipinski definition) is 3. The van der Waals surface area contributed by atoms with E-state index in [-0.39, 0.29) is 6.04 Å². The first-order valence-electron chi connectivity index (χ1n) is 7.07. The van der Waals surface area contributed by atoms with Gasteiger partial charge in [-0.15, -0.1) is 0 Å². The number of aryl methyl sites for hydroxylation is 1. The van der Waals surface area contributed by atoms with Crippen molar-refractivity contribution in [3.8, 4) is 5.75 Å². The molecule has 0 amide bonds. The molecule has 1 N–H and O–H groups in total. The molecule has 0 saturated carbocycles. The zero-order valence-corrected chi connectivity index (χ0v) is 12.4. The molecule has 1 aromatic heterocycles. The first-order chi connectivity index (χ1) is 9.76. The second-order valence-corrected chi connectivity index (χ2v) is 4.84. The second-order valence-electron chi connectivity index (χ2n) is 4.84. The molecule has 0 aliphatic heterocycles. The molecule has 20 heavy (non-hydrogen) atoms. The van der Waals surface area contributed by atoms with Crippen LogP contribution in [0.25, 0.3) is 0 Å². The first kappa shape index (κ1) is 14.5. The van der Waals surface area contributed by atoms with Crippen LogP contribution in [-0.2, 0) is 0 Å². The third-order valence-electron chi connectivity index (χ3n) is 3.23. The van der Waals surface area contributed by atoms with E-state index in [1.54, 1.807) is 0 Å². The van der Waals surface area contributed by atoms with E-state index in [1.165, 1.54) is 5.56 Å². The Bertz CT molecular complexity index is 554. The highest BCUT2D eigenvalue weighted by atomic mass is 16.5. The minimum Gasteiger partial charge on any atom is -0.493 e. The standard InChI is InChI=1S/C17H22N2O/c1-4-11-20-16-8-6-5-7-15(16)17(18-3)14-9-10-19-13(2)12-14/h5-10,12,17-18H,4,11H2,1-3H3. The van der Waals surface area contributed by atoms with Crippen LogP contribution in [0.3, 0.4) is 0 Å². The molecule has 0 radical (unpaired) electrons. The van der Waals surface area contributed by atoms with Crippen molar-refractivity contribution in [1.82, 2.24) is 10.3 Å². The smallest absolute Gasteiger partial charge is 0.124 e. The lowest BCUT2D eigenvalue weighted by atomic mass is 9.98. The van der Waals surface area contributed by atoms with E-state index in [0.29, 0.717) is 0 Å². The maximum Gasteiger partial charge on any atom is 0.124 e. The predicted octanol–water partition coefficient (Wildman–Crippen LogP) is 3.49. The number of nitrogens with one attached hydrogen (secondary N) is 1. The maximum absolute atomic E-state index is 5.87. The van der Waals surface area contributed by atoms with Crippen molar-refractivity contribution < 1.29 is 4.74 Å². The highest BCUT2D eigenvalue weighted by Gasteiger charge is 2.16. The summed E-state index contributed by atoms with van der Waals surface area (Å²) in [5, 5.41) is 3.37. The van der Waals surface area contributed by atoms with Gasteiger partial charge >= 0.3 is 0 Å². The molecule has 106 valence electrons. The Morgan fingerprint density at radius 2 is 2.05 bits per heavy atom. The quantitative estimate of drug-likeness (QED) is 0.872. The van der Waals surface area contributed by atoms with Crippen molar-refractivity contribution >= 4 is 0 Å². The van der Waals surface area contributed by atoms with E-state index >= 15 is 0 Å². The number of aromatic nitrogens is 1. The van der Waals surface area contributed by atoms with Crippen LogP contribution in [0.1, 0.15) is 36.2 Å². The molecule has 1 unspecified atom stereocenters. The van der Waals surface area contributed by atoms with Crippen molar-refractivity contribution in [2.24, 2.45) is 0 Å². The van der Waals surface area contributed by atoms with Crippen LogP contribution < -0.4 is 10.1 Å². The molecular weight excluding hydrogens is 248 g/mol. The average molecular weight is 270 g/mol. The van der Waals surface area contributed by atoms with Crippen LogP contribution >= 0.6 is 0 Å². The van der Waals surface area contributed by atoms with Crippen LogP contribution in [0.15, 0.2) is 42.6 Å². The number of hydrogen-bond donors (Lipinski definition) is 1. The van der Waals surface area contributed by atoms with Gasteiger partial charge in [0.05, 0.1) is 12.6 Å². The van der Waals surface area contributed by atoms with Crippen molar-refractivity contribution in [3.05, 3.63) is 59.4 Å². The first-order valence-corrected chi connectivity index (χ1v) is 7.07. The van der Waals surface area contributed by atoms with E-state index in [1.807, 2.05) is 44.4 Å². The Morgan fingerprint density at radius 1 is 1.25 bits per heavy atom. The molecule has 0 aliphatic carbocycles. The van der Waals surface area contributed by atoms with Crippen LogP contribution in [0.4, 0.5) is 0 Å². The predicted molar refractivity (Wildman–Crippen MR) is 82.1 cm³/mol. The van der Waals surface area contributed by atoms with E-state index < -0.39 is 0 Å². The monoisotopic (exact) mass is 270 g/mol. The van der Waals surface area contributed by atoms with Crippen LogP contribution in [0.2, 0.25) is 0 Å². The lowest BCUT2D eigenvalue weighted by Gasteiger charge is -2.20. The van der Waals surface area contributed by atoms with E-state index in [4.69, 9.17) is 4.74 Å². The summed E-state index contributed by atoms with van der Waals surface area (Å²) in [5.41, 5.74) is 3.39. The zero-order valence-electron chi connectivity index (χ0n) is 12.4. The van der Waals surface area contributed by atoms with Crippen LogP contribution in [-0.4, -0.2) is 18.6 Å². The summed E-state index contributed by atoms with van der Waals surface area (Å²) in [4.78, 5) is 4.26. The van der Waals surface area contributed by atoms with Gasteiger partial charge in [0.25, 0.3) is 0 Å². The van der Waals surface area contributed by atoms with Crippen molar-refractivity contribution in [2.75, 3.05) is 13.7 Å². The van der Waals surface area contributed by atoms with E-state index in [2.05, 4.69) is 29.4 Å². The fourth-order valence-electron chi connectivity index (χ4n) is 2.31. The van der Waals surface area contributed by atoms with Gasteiger partial charge in [-0.3, -0.25) is 4.98 Å². The number of pyridine rings is 1. The molecule has 0 aliphatic rings. The SMILES string of the molecule is CCCOc1ccccc1C(NC)c1ccnc(C)c1. The van der Waals surface area contributed by atoms with Crippen molar-refractivity contribution in [1.29, 1.82) is 0 Å².